The summed E-state index contributed by atoms with van der Waals surface area (Å²) >= 11 is 0. The van der Waals surface area contributed by atoms with Gasteiger partial charge in [-0.1, -0.05) is 0 Å². The van der Waals surface area contributed by atoms with Crippen LogP contribution in [0.2, 0.25) is 0 Å². The molecule has 100 valence electrons. The standard InChI is InChI=1S/C13H16N4O2/c1-3-19-10-6-4-9(5-7-10)13(18)16-12-11(14)8-15-17(12)2/h4-8H,3,14H2,1-2H3,(H,16,18). The molecular weight excluding hydrogens is 244 g/mol. The van der Waals surface area contributed by atoms with E-state index in [0.29, 0.717) is 23.7 Å². The maximum atomic E-state index is 12.0. The number of nitrogens with two attached hydrogens (primary N) is 1. The van der Waals surface area contributed by atoms with Gasteiger partial charge in [0, 0.05) is 12.6 Å². The smallest absolute Gasteiger partial charge is 0.256 e. The monoisotopic (exact) mass is 260 g/mol. The molecule has 0 aliphatic carbocycles. The fourth-order valence-corrected chi connectivity index (χ4v) is 1.66. The number of benzene rings is 1. The number of nitrogen functional groups attached to an aromatic ring is 1. The van der Waals surface area contributed by atoms with Gasteiger partial charge in [-0.2, -0.15) is 5.10 Å². The molecule has 1 aromatic carbocycles. The van der Waals surface area contributed by atoms with Crippen LogP contribution in [-0.2, 0) is 7.05 Å². The molecule has 0 saturated heterocycles. The highest BCUT2D eigenvalue weighted by Gasteiger charge is 2.11. The van der Waals surface area contributed by atoms with Crippen LogP contribution in [0.1, 0.15) is 17.3 Å². The van der Waals surface area contributed by atoms with E-state index in [1.54, 1.807) is 31.3 Å². The van der Waals surface area contributed by atoms with Crippen molar-refractivity contribution < 1.29 is 9.53 Å². The third-order valence-electron chi connectivity index (χ3n) is 2.63. The van der Waals surface area contributed by atoms with E-state index in [1.807, 2.05) is 6.92 Å². The summed E-state index contributed by atoms with van der Waals surface area (Å²) in [4.78, 5) is 12.0. The number of nitrogens with one attached hydrogen (secondary N) is 1. The minimum atomic E-state index is -0.238. The summed E-state index contributed by atoms with van der Waals surface area (Å²) in [6.45, 7) is 2.50. The summed E-state index contributed by atoms with van der Waals surface area (Å²) in [5, 5.41) is 6.68. The first-order chi connectivity index (χ1) is 9.11. The maximum absolute atomic E-state index is 12.0. The quantitative estimate of drug-likeness (QED) is 0.875. The number of hydrogen-bond acceptors (Lipinski definition) is 4. The van der Waals surface area contributed by atoms with Crippen LogP contribution in [0.3, 0.4) is 0 Å². The molecular formula is C13H16N4O2. The van der Waals surface area contributed by atoms with Crippen LogP contribution in [0.15, 0.2) is 30.5 Å². The van der Waals surface area contributed by atoms with Crippen molar-refractivity contribution in [3.8, 4) is 5.75 Å². The number of nitrogens with zero attached hydrogens (tertiary/aromatic N) is 2. The van der Waals surface area contributed by atoms with E-state index in [9.17, 15) is 4.79 Å². The van der Waals surface area contributed by atoms with Crippen molar-refractivity contribution in [2.45, 2.75) is 6.92 Å². The number of hydrogen-bond donors (Lipinski definition) is 2. The van der Waals surface area contributed by atoms with Crippen LogP contribution < -0.4 is 15.8 Å². The van der Waals surface area contributed by atoms with Gasteiger partial charge in [0.1, 0.15) is 5.75 Å². The van der Waals surface area contributed by atoms with Crippen molar-refractivity contribution in [3.63, 3.8) is 0 Å². The average molecular weight is 260 g/mol. The Bertz CT molecular complexity index is 555. The number of anilines is 2. The molecule has 0 aliphatic heterocycles. The lowest BCUT2D eigenvalue weighted by atomic mass is 10.2. The van der Waals surface area contributed by atoms with Crippen LogP contribution in [-0.4, -0.2) is 22.3 Å². The van der Waals surface area contributed by atoms with E-state index in [-0.39, 0.29) is 5.91 Å². The molecule has 0 unspecified atom stereocenters. The highest BCUT2D eigenvalue weighted by atomic mass is 16.5. The first kappa shape index (κ1) is 12.9. The second-order valence-electron chi connectivity index (χ2n) is 3.98. The zero-order chi connectivity index (χ0) is 13.8. The van der Waals surface area contributed by atoms with Gasteiger partial charge >= 0.3 is 0 Å². The predicted molar refractivity (Wildman–Crippen MR) is 73.2 cm³/mol. The van der Waals surface area contributed by atoms with E-state index in [2.05, 4.69) is 10.4 Å². The van der Waals surface area contributed by atoms with Crippen LogP contribution in [0, 0.1) is 0 Å². The molecule has 0 aliphatic rings. The lowest BCUT2D eigenvalue weighted by Crippen LogP contribution is -2.15. The van der Waals surface area contributed by atoms with Gasteiger partial charge in [-0.3, -0.25) is 9.48 Å². The molecule has 0 spiro atoms. The molecule has 1 heterocycles. The minimum Gasteiger partial charge on any atom is -0.494 e. The van der Waals surface area contributed by atoms with Crippen molar-refractivity contribution in [2.75, 3.05) is 17.7 Å². The second kappa shape index (κ2) is 5.43. The molecule has 19 heavy (non-hydrogen) atoms. The van der Waals surface area contributed by atoms with Gasteiger partial charge in [0.25, 0.3) is 5.91 Å². The minimum absolute atomic E-state index is 0.238. The van der Waals surface area contributed by atoms with Gasteiger partial charge in [0.05, 0.1) is 18.5 Å². The van der Waals surface area contributed by atoms with Crippen LogP contribution in [0.5, 0.6) is 5.75 Å². The Hall–Kier alpha value is -2.50. The Balaban J connectivity index is 2.12. The number of aryl methyl sites for hydroxylation is 1. The number of aromatic nitrogens is 2. The summed E-state index contributed by atoms with van der Waals surface area (Å²) in [6, 6.07) is 6.91. The molecule has 6 heteroatoms. The zero-order valence-electron chi connectivity index (χ0n) is 10.9. The average Bonchev–Trinajstić information content (AvgIpc) is 2.72. The molecule has 2 aromatic rings. The maximum Gasteiger partial charge on any atom is 0.256 e. The number of ether oxygens (including phenoxy) is 1. The Labute approximate surface area is 111 Å². The predicted octanol–water partition coefficient (Wildman–Crippen LogP) is 1.65. The van der Waals surface area contributed by atoms with E-state index in [1.165, 1.54) is 10.9 Å². The van der Waals surface area contributed by atoms with E-state index >= 15 is 0 Å². The first-order valence-corrected chi connectivity index (χ1v) is 5.93. The van der Waals surface area contributed by atoms with Gasteiger partial charge < -0.3 is 15.8 Å². The van der Waals surface area contributed by atoms with Gasteiger partial charge in [-0.25, -0.2) is 0 Å². The Morgan fingerprint density at radius 1 is 1.42 bits per heavy atom. The highest BCUT2D eigenvalue weighted by Crippen LogP contribution is 2.18. The number of rotatable bonds is 4. The van der Waals surface area contributed by atoms with Crippen LogP contribution in [0.25, 0.3) is 0 Å². The van der Waals surface area contributed by atoms with Crippen molar-refractivity contribution >= 4 is 17.4 Å². The molecule has 0 fully saturated rings. The fourth-order valence-electron chi connectivity index (χ4n) is 1.66. The van der Waals surface area contributed by atoms with Gasteiger partial charge in [0.2, 0.25) is 0 Å². The van der Waals surface area contributed by atoms with Crippen LogP contribution >= 0.6 is 0 Å². The number of carbonyl (C=O) groups is 1. The molecule has 3 N–H and O–H groups in total. The molecule has 2 rings (SSSR count). The number of amides is 1. The molecule has 0 radical (unpaired) electrons. The Morgan fingerprint density at radius 3 is 2.63 bits per heavy atom. The van der Waals surface area contributed by atoms with Gasteiger partial charge in [-0.05, 0) is 31.2 Å². The molecule has 0 atom stereocenters. The lowest BCUT2D eigenvalue weighted by molar-refractivity contribution is 0.102. The fraction of sp³-hybridized carbons (Fsp3) is 0.231. The first-order valence-electron chi connectivity index (χ1n) is 5.93. The highest BCUT2D eigenvalue weighted by molar-refractivity contribution is 6.05. The SMILES string of the molecule is CCOc1ccc(C(=O)Nc2c(N)cnn2C)cc1. The summed E-state index contributed by atoms with van der Waals surface area (Å²) in [6.07, 6.45) is 1.49. The Morgan fingerprint density at radius 2 is 2.11 bits per heavy atom. The van der Waals surface area contributed by atoms with Crippen molar-refractivity contribution in [1.82, 2.24) is 9.78 Å². The molecule has 1 amide bonds. The summed E-state index contributed by atoms with van der Waals surface area (Å²) in [7, 11) is 1.71. The summed E-state index contributed by atoms with van der Waals surface area (Å²) in [5.74, 6) is 0.983. The van der Waals surface area contributed by atoms with Gasteiger partial charge in [0.15, 0.2) is 5.82 Å². The normalized spacial score (nSPS) is 10.2. The Kier molecular flexibility index (Phi) is 3.70. The van der Waals surface area contributed by atoms with Crippen molar-refractivity contribution in [3.05, 3.63) is 36.0 Å². The molecule has 0 saturated carbocycles. The summed E-state index contributed by atoms with van der Waals surface area (Å²) in [5.41, 5.74) is 6.68. The third kappa shape index (κ3) is 2.85. The topological polar surface area (TPSA) is 82.2 Å². The van der Waals surface area contributed by atoms with Gasteiger partial charge in [-0.15, -0.1) is 0 Å². The van der Waals surface area contributed by atoms with E-state index in [4.69, 9.17) is 10.5 Å². The second-order valence-corrected chi connectivity index (χ2v) is 3.98. The van der Waals surface area contributed by atoms with E-state index < -0.39 is 0 Å². The largest absolute Gasteiger partial charge is 0.494 e. The van der Waals surface area contributed by atoms with Crippen molar-refractivity contribution in [2.24, 2.45) is 7.05 Å². The molecule has 6 nitrogen and oxygen atoms in total. The van der Waals surface area contributed by atoms with Crippen LogP contribution in [0.4, 0.5) is 11.5 Å². The molecule has 0 bridgehead atoms. The number of carbonyl (C=O) groups excluding carboxylic acids is 1. The summed E-state index contributed by atoms with van der Waals surface area (Å²) < 4.78 is 6.83. The molecule has 1 aromatic heterocycles. The van der Waals surface area contributed by atoms with Crippen molar-refractivity contribution in [1.29, 1.82) is 0 Å². The van der Waals surface area contributed by atoms with E-state index in [0.717, 1.165) is 5.75 Å². The lowest BCUT2D eigenvalue weighted by Gasteiger charge is -2.07. The third-order valence-corrected chi connectivity index (χ3v) is 2.63. The zero-order valence-corrected chi connectivity index (χ0v) is 10.9.